The summed E-state index contributed by atoms with van der Waals surface area (Å²) in [5.41, 5.74) is 0.102. The number of anilines is 2. The van der Waals surface area contributed by atoms with E-state index in [1.54, 1.807) is 11.1 Å². The number of morpholine rings is 1. The smallest absolute Gasteiger partial charge is 0.323 e. The van der Waals surface area contributed by atoms with Crippen LogP contribution in [0.3, 0.4) is 0 Å². The monoisotopic (exact) mass is 360 g/mol. The van der Waals surface area contributed by atoms with E-state index in [2.05, 4.69) is 15.2 Å². The van der Waals surface area contributed by atoms with E-state index in [0.29, 0.717) is 32.0 Å². The Hall–Kier alpha value is -2.35. The lowest BCUT2D eigenvalue weighted by Gasteiger charge is -2.30. The first kappa shape index (κ1) is 17.1. The molecule has 3 heterocycles. The van der Waals surface area contributed by atoms with Crippen LogP contribution >= 0.6 is 0 Å². The number of nitrogens with zero attached hydrogens (tertiary/aromatic N) is 3. The minimum absolute atomic E-state index is 0.0493. The van der Waals surface area contributed by atoms with Gasteiger partial charge in [-0.25, -0.2) is 9.78 Å². The fraction of sp³-hybridized carbons (Fsp3) is 0.611. The number of fused-ring (bicyclic) bond motifs is 1. The SMILES string of the molecule is O=C(Nc1ncccc1N1CCOCC1)N1C[C@@H]2CCC[C@@]2(C(=O)O)C1. The molecule has 0 bridgehead atoms. The van der Waals surface area contributed by atoms with Crippen LogP contribution in [0.25, 0.3) is 0 Å². The van der Waals surface area contributed by atoms with Crippen LogP contribution in [0.5, 0.6) is 0 Å². The highest BCUT2D eigenvalue weighted by atomic mass is 16.5. The van der Waals surface area contributed by atoms with Crippen molar-refractivity contribution in [1.29, 1.82) is 0 Å². The van der Waals surface area contributed by atoms with Crippen molar-refractivity contribution in [2.24, 2.45) is 11.3 Å². The summed E-state index contributed by atoms with van der Waals surface area (Å²) >= 11 is 0. The van der Waals surface area contributed by atoms with Gasteiger partial charge in [-0.3, -0.25) is 10.1 Å². The van der Waals surface area contributed by atoms with Crippen LogP contribution in [0.15, 0.2) is 18.3 Å². The van der Waals surface area contributed by atoms with Gasteiger partial charge in [-0.05, 0) is 30.9 Å². The molecule has 0 spiro atoms. The van der Waals surface area contributed by atoms with Gasteiger partial charge in [-0.15, -0.1) is 0 Å². The van der Waals surface area contributed by atoms with E-state index in [1.807, 2.05) is 12.1 Å². The lowest BCUT2D eigenvalue weighted by Crippen LogP contribution is -2.40. The van der Waals surface area contributed by atoms with Crippen molar-refractivity contribution in [3.63, 3.8) is 0 Å². The van der Waals surface area contributed by atoms with Crippen LogP contribution in [0, 0.1) is 11.3 Å². The molecule has 4 rings (SSSR count). The second-order valence-electron chi connectivity index (χ2n) is 7.33. The van der Waals surface area contributed by atoms with E-state index < -0.39 is 11.4 Å². The van der Waals surface area contributed by atoms with Gasteiger partial charge in [0.15, 0.2) is 5.82 Å². The Kier molecular flexibility index (Phi) is 4.44. The number of aromatic nitrogens is 1. The van der Waals surface area contributed by atoms with Gasteiger partial charge in [-0.2, -0.15) is 0 Å². The van der Waals surface area contributed by atoms with E-state index in [1.165, 1.54) is 0 Å². The van der Waals surface area contributed by atoms with Crippen LogP contribution in [-0.2, 0) is 9.53 Å². The van der Waals surface area contributed by atoms with Crippen molar-refractivity contribution in [2.75, 3.05) is 49.6 Å². The number of carbonyl (C=O) groups excluding carboxylic acids is 1. The zero-order valence-electron chi connectivity index (χ0n) is 14.7. The molecule has 2 amide bonds. The normalized spacial score (nSPS) is 28.1. The molecule has 2 saturated heterocycles. The van der Waals surface area contributed by atoms with Gasteiger partial charge in [-0.1, -0.05) is 6.42 Å². The van der Waals surface area contributed by atoms with Crippen molar-refractivity contribution in [1.82, 2.24) is 9.88 Å². The fourth-order valence-corrected chi connectivity index (χ4v) is 4.53. The van der Waals surface area contributed by atoms with Crippen LogP contribution in [0.1, 0.15) is 19.3 Å². The lowest BCUT2D eigenvalue weighted by atomic mass is 9.81. The molecule has 26 heavy (non-hydrogen) atoms. The van der Waals surface area contributed by atoms with E-state index in [4.69, 9.17) is 4.74 Å². The van der Waals surface area contributed by atoms with Crippen molar-refractivity contribution in [3.05, 3.63) is 18.3 Å². The molecule has 1 aromatic heterocycles. The molecule has 0 unspecified atom stereocenters. The van der Waals surface area contributed by atoms with Crippen LogP contribution in [0.4, 0.5) is 16.3 Å². The van der Waals surface area contributed by atoms with Crippen molar-refractivity contribution in [3.8, 4) is 0 Å². The Balaban J connectivity index is 1.48. The molecule has 1 saturated carbocycles. The molecule has 8 heteroatoms. The summed E-state index contributed by atoms with van der Waals surface area (Å²) in [7, 11) is 0. The maximum Gasteiger partial charge on any atom is 0.323 e. The average molecular weight is 360 g/mol. The number of carboxylic acid groups (broad SMARTS) is 1. The Morgan fingerprint density at radius 2 is 2.15 bits per heavy atom. The summed E-state index contributed by atoms with van der Waals surface area (Å²) in [6, 6.07) is 3.51. The summed E-state index contributed by atoms with van der Waals surface area (Å²) in [5.74, 6) is -0.212. The molecular formula is C18H24N4O4. The molecule has 3 fully saturated rings. The topological polar surface area (TPSA) is 95.0 Å². The van der Waals surface area contributed by atoms with Crippen LogP contribution in [-0.4, -0.2) is 66.4 Å². The number of nitrogens with one attached hydrogen (secondary N) is 1. The largest absolute Gasteiger partial charge is 0.481 e. The number of pyridine rings is 1. The number of rotatable bonds is 3. The summed E-state index contributed by atoms with van der Waals surface area (Å²) in [6.45, 7) is 3.58. The molecule has 8 nitrogen and oxygen atoms in total. The zero-order valence-corrected chi connectivity index (χ0v) is 14.7. The molecule has 0 aromatic carbocycles. The molecule has 1 aromatic rings. The summed E-state index contributed by atoms with van der Waals surface area (Å²) in [6.07, 6.45) is 4.10. The Morgan fingerprint density at radius 1 is 1.35 bits per heavy atom. The molecule has 140 valence electrons. The second kappa shape index (κ2) is 6.75. The summed E-state index contributed by atoms with van der Waals surface area (Å²) < 4.78 is 5.39. The van der Waals surface area contributed by atoms with E-state index in [-0.39, 0.29) is 18.5 Å². The van der Waals surface area contributed by atoms with Crippen molar-refractivity contribution in [2.45, 2.75) is 19.3 Å². The molecule has 2 atom stereocenters. The van der Waals surface area contributed by atoms with E-state index in [0.717, 1.165) is 31.6 Å². The number of likely N-dealkylation sites (tertiary alicyclic amines) is 1. The standard InChI is InChI=1S/C18H24N4O4/c23-16(24)18-5-1-3-13(18)11-22(12-18)17(25)20-15-14(4-2-6-19-15)21-7-9-26-10-8-21/h2,4,6,13H,1,3,5,7-12H2,(H,23,24)(H,19,20,25)/t13-,18+/m0/s1. The Bertz CT molecular complexity index is 706. The van der Waals surface area contributed by atoms with E-state index in [9.17, 15) is 14.7 Å². The lowest BCUT2D eigenvalue weighted by molar-refractivity contribution is -0.149. The quantitative estimate of drug-likeness (QED) is 0.851. The number of ether oxygens (including phenoxy) is 1. The van der Waals surface area contributed by atoms with Gasteiger partial charge in [0.2, 0.25) is 0 Å². The third kappa shape index (κ3) is 2.88. The minimum Gasteiger partial charge on any atom is -0.481 e. The molecule has 2 N–H and O–H groups in total. The maximum atomic E-state index is 12.8. The number of carbonyl (C=O) groups is 2. The number of urea groups is 1. The first-order valence-corrected chi connectivity index (χ1v) is 9.17. The van der Waals surface area contributed by atoms with Crippen LogP contribution < -0.4 is 10.2 Å². The highest BCUT2D eigenvalue weighted by molar-refractivity contribution is 5.92. The predicted octanol–water partition coefficient (Wildman–Crippen LogP) is 1.64. The molecule has 1 aliphatic carbocycles. The van der Waals surface area contributed by atoms with Gasteiger partial charge >= 0.3 is 12.0 Å². The highest BCUT2D eigenvalue weighted by Crippen LogP contribution is 2.49. The fourth-order valence-electron chi connectivity index (χ4n) is 4.53. The first-order valence-electron chi connectivity index (χ1n) is 9.17. The molecule has 3 aliphatic rings. The predicted molar refractivity (Wildman–Crippen MR) is 95.3 cm³/mol. The van der Waals surface area contributed by atoms with Crippen molar-refractivity contribution >= 4 is 23.5 Å². The number of hydrogen-bond acceptors (Lipinski definition) is 5. The first-order chi connectivity index (χ1) is 12.6. The number of amides is 2. The van der Waals surface area contributed by atoms with Gasteiger partial charge < -0.3 is 19.6 Å². The highest BCUT2D eigenvalue weighted by Gasteiger charge is 2.55. The minimum atomic E-state index is -0.776. The maximum absolute atomic E-state index is 12.8. The number of carboxylic acids is 1. The van der Waals surface area contributed by atoms with E-state index >= 15 is 0 Å². The molecular weight excluding hydrogens is 336 g/mol. The summed E-state index contributed by atoms with van der Waals surface area (Å²) in [5, 5.41) is 12.6. The van der Waals surface area contributed by atoms with Gasteiger partial charge in [0, 0.05) is 32.4 Å². The Morgan fingerprint density at radius 3 is 2.88 bits per heavy atom. The van der Waals surface area contributed by atoms with Gasteiger partial charge in [0.1, 0.15) is 0 Å². The molecule has 0 radical (unpaired) electrons. The van der Waals surface area contributed by atoms with Gasteiger partial charge in [0.05, 0.1) is 24.3 Å². The van der Waals surface area contributed by atoms with Crippen LogP contribution in [0.2, 0.25) is 0 Å². The number of hydrogen-bond donors (Lipinski definition) is 2. The number of aliphatic carboxylic acids is 1. The third-order valence-electron chi connectivity index (χ3n) is 5.95. The van der Waals surface area contributed by atoms with Gasteiger partial charge in [0.25, 0.3) is 0 Å². The van der Waals surface area contributed by atoms with Crippen molar-refractivity contribution < 1.29 is 19.4 Å². The molecule has 2 aliphatic heterocycles. The summed E-state index contributed by atoms with van der Waals surface area (Å²) in [4.78, 5) is 32.7. The average Bonchev–Trinajstić information content (AvgIpc) is 3.21. The second-order valence-corrected chi connectivity index (χ2v) is 7.33. The zero-order chi connectivity index (χ0) is 18.1. The Labute approximate surface area is 152 Å². The third-order valence-corrected chi connectivity index (χ3v) is 5.95.